The van der Waals surface area contributed by atoms with Gasteiger partial charge in [-0.3, -0.25) is 14.4 Å². The first kappa shape index (κ1) is 23.1. The number of hydrogen-bond donors (Lipinski definition) is 1. The van der Waals surface area contributed by atoms with Gasteiger partial charge in [0.15, 0.2) is 0 Å². The number of nitrogens with zero attached hydrogens (tertiary/aromatic N) is 4. The standard InChI is InChI=1S/C27H31N5O3/c1-2-30-18-28-23-17-21(8-9-24(23)30)29-25(33)15-19-10-13-31(14-11-19)27(35)20-5-3-6-22(16-20)32-12-4-7-26(32)34/h3,5-6,8-9,16-19H,2,4,7,10-15H2,1H3,(H,29,33). The van der Waals surface area contributed by atoms with Crippen LogP contribution in [0.15, 0.2) is 48.8 Å². The molecule has 1 N–H and O–H groups in total. The third kappa shape index (κ3) is 4.92. The van der Waals surface area contributed by atoms with E-state index in [4.69, 9.17) is 0 Å². The number of piperidine rings is 1. The van der Waals surface area contributed by atoms with E-state index >= 15 is 0 Å². The molecule has 2 aliphatic rings. The van der Waals surface area contributed by atoms with Crippen LogP contribution in [-0.2, 0) is 16.1 Å². The summed E-state index contributed by atoms with van der Waals surface area (Å²) in [6, 6.07) is 13.2. The maximum Gasteiger partial charge on any atom is 0.253 e. The number of nitrogens with one attached hydrogen (secondary N) is 1. The number of hydrogen-bond acceptors (Lipinski definition) is 4. The third-order valence-electron chi connectivity index (χ3n) is 7.10. The lowest BCUT2D eigenvalue weighted by atomic mass is 9.92. The molecule has 0 bridgehead atoms. The molecule has 1 aromatic heterocycles. The second-order valence-electron chi connectivity index (χ2n) is 9.42. The normalized spacial score (nSPS) is 16.8. The van der Waals surface area contributed by atoms with Crippen LogP contribution in [-0.4, -0.2) is 51.8 Å². The zero-order valence-electron chi connectivity index (χ0n) is 20.1. The molecular weight excluding hydrogens is 442 g/mol. The number of carbonyl (C=O) groups excluding carboxylic acids is 3. The molecule has 0 unspecified atom stereocenters. The molecule has 0 radical (unpaired) electrons. The number of imidazole rings is 1. The van der Waals surface area contributed by atoms with Gasteiger partial charge in [0.25, 0.3) is 5.91 Å². The Labute approximate surface area is 204 Å². The average Bonchev–Trinajstić information content (AvgIpc) is 3.49. The lowest BCUT2D eigenvalue weighted by Crippen LogP contribution is -2.39. The highest BCUT2D eigenvalue weighted by Gasteiger charge is 2.27. The minimum atomic E-state index is -0.0128. The lowest BCUT2D eigenvalue weighted by Gasteiger charge is -2.32. The zero-order chi connectivity index (χ0) is 24.4. The Kier molecular flexibility index (Phi) is 6.53. The van der Waals surface area contributed by atoms with Gasteiger partial charge in [0.1, 0.15) is 0 Å². The highest BCUT2D eigenvalue weighted by Crippen LogP contribution is 2.26. The summed E-state index contributed by atoms with van der Waals surface area (Å²) in [4.78, 5) is 45.8. The van der Waals surface area contributed by atoms with Gasteiger partial charge in [-0.15, -0.1) is 0 Å². The maximum atomic E-state index is 13.1. The van der Waals surface area contributed by atoms with Gasteiger partial charge in [0, 0.05) is 56.0 Å². The first-order chi connectivity index (χ1) is 17.0. The molecule has 182 valence electrons. The van der Waals surface area contributed by atoms with Crippen molar-refractivity contribution in [2.75, 3.05) is 29.9 Å². The van der Waals surface area contributed by atoms with Crippen LogP contribution in [0.25, 0.3) is 11.0 Å². The van der Waals surface area contributed by atoms with Gasteiger partial charge >= 0.3 is 0 Å². The maximum absolute atomic E-state index is 13.1. The van der Waals surface area contributed by atoms with E-state index in [1.807, 2.05) is 53.7 Å². The molecule has 0 aliphatic carbocycles. The molecule has 2 saturated heterocycles. The highest BCUT2D eigenvalue weighted by molar-refractivity contribution is 5.99. The van der Waals surface area contributed by atoms with Gasteiger partial charge in [0.2, 0.25) is 11.8 Å². The van der Waals surface area contributed by atoms with Crippen molar-refractivity contribution in [3.05, 3.63) is 54.4 Å². The fourth-order valence-electron chi connectivity index (χ4n) is 5.12. The van der Waals surface area contributed by atoms with Gasteiger partial charge in [-0.2, -0.15) is 0 Å². The van der Waals surface area contributed by atoms with E-state index in [1.54, 1.807) is 4.90 Å². The summed E-state index contributed by atoms with van der Waals surface area (Å²) in [5.41, 5.74) is 4.09. The Morgan fingerprint density at radius 2 is 1.91 bits per heavy atom. The molecule has 2 fully saturated rings. The SMILES string of the molecule is CCn1cnc2cc(NC(=O)CC3CCN(C(=O)c4cccc(N5CCCC5=O)c4)CC3)ccc21. The molecule has 5 rings (SSSR count). The molecule has 3 aromatic rings. The molecule has 2 aliphatic heterocycles. The number of amides is 3. The Balaban J connectivity index is 1.14. The van der Waals surface area contributed by atoms with Crippen molar-refractivity contribution in [2.24, 2.45) is 5.92 Å². The number of aromatic nitrogens is 2. The van der Waals surface area contributed by atoms with Gasteiger partial charge < -0.3 is 19.7 Å². The second kappa shape index (κ2) is 9.90. The molecule has 0 spiro atoms. The van der Waals surface area contributed by atoms with Gasteiger partial charge in [-0.25, -0.2) is 4.98 Å². The first-order valence-electron chi connectivity index (χ1n) is 12.5. The Hall–Kier alpha value is -3.68. The molecule has 0 saturated carbocycles. The summed E-state index contributed by atoms with van der Waals surface area (Å²) in [5.74, 6) is 0.341. The topological polar surface area (TPSA) is 87.5 Å². The third-order valence-corrected chi connectivity index (χ3v) is 7.10. The predicted molar refractivity (Wildman–Crippen MR) is 135 cm³/mol. The van der Waals surface area contributed by atoms with Crippen LogP contribution in [0.4, 0.5) is 11.4 Å². The fourth-order valence-corrected chi connectivity index (χ4v) is 5.12. The number of carbonyl (C=O) groups is 3. The number of rotatable bonds is 6. The summed E-state index contributed by atoms with van der Waals surface area (Å²) in [6.45, 7) is 4.89. The largest absolute Gasteiger partial charge is 0.339 e. The van der Waals surface area contributed by atoms with E-state index < -0.39 is 0 Å². The summed E-state index contributed by atoms with van der Waals surface area (Å²) < 4.78 is 2.07. The predicted octanol–water partition coefficient (Wildman–Crippen LogP) is 4.06. The number of likely N-dealkylation sites (tertiary alicyclic amines) is 1. The van der Waals surface area contributed by atoms with E-state index in [0.29, 0.717) is 38.0 Å². The van der Waals surface area contributed by atoms with Gasteiger partial charge in [-0.1, -0.05) is 6.07 Å². The molecule has 3 heterocycles. The van der Waals surface area contributed by atoms with Crippen LogP contribution < -0.4 is 10.2 Å². The van der Waals surface area contributed by atoms with E-state index in [0.717, 1.165) is 48.2 Å². The number of benzene rings is 2. The molecule has 2 aromatic carbocycles. The van der Waals surface area contributed by atoms with Crippen LogP contribution in [0.2, 0.25) is 0 Å². The Morgan fingerprint density at radius 1 is 1.09 bits per heavy atom. The van der Waals surface area contributed by atoms with Gasteiger partial charge in [0.05, 0.1) is 17.4 Å². The first-order valence-corrected chi connectivity index (χ1v) is 12.5. The summed E-state index contributed by atoms with van der Waals surface area (Å²) >= 11 is 0. The van der Waals surface area contributed by atoms with Crippen molar-refractivity contribution in [1.29, 1.82) is 0 Å². The molecule has 8 heteroatoms. The summed E-state index contributed by atoms with van der Waals surface area (Å²) in [5, 5.41) is 3.00. The summed E-state index contributed by atoms with van der Waals surface area (Å²) in [7, 11) is 0. The minimum absolute atomic E-state index is 0.00738. The minimum Gasteiger partial charge on any atom is -0.339 e. The molecule has 3 amide bonds. The Bertz CT molecular complexity index is 1260. The quantitative estimate of drug-likeness (QED) is 0.585. The summed E-state index contributed by atoms with van der Waals surface area (Å²) in [6.07, 6.45) is 5.27. The number of fused-ring (bicyclic) bond motifs is 1. The van der Waals surface area contributed by atoms with E-state index in [9.17, 15) is 14.4 Å². The average molecular weight is 474 g/mol. The number of anilines is 2. The van der Waals surface area contributed by atoms with E-state index in [-0.39, 0.29) is 23.6 Å². The zero-order valence-corrected chi connectivity index (χ0v) is 20.1. The van der Waals surface area contributed by atoms with Crippen molar-refractivity contribution in [3.63, 3.8) is 0 Å². The highest BCUT2D eigenvalue weighted by atomic mass is 16.2. The smallest absolute Gasteiger partial charge is 0.253 e. The molecular formula is C27H31N5O3. The van der Waals surface area contributed by atoms with Crippen LogP contribution >= 0.6 is 0 Å². The van der Waals surface area contributed by atoms with Crippen LogP contribution in [0.3, 0.4) is 0 Å². The van der Waals surface area contributed by atoms with Crippen molar-refractivity contribution in [2.45, 2.75) is 45.6 Å². The molecule has 8 nitrogen and oxygen atoms in total. The van der Waals surface area contributed by atoms with Crippen molar-refractivity contribution in [3.8, 4) is 0 Å². The van der Waals surface area contributed by atoms with Crippen LogP contribution in [0.1, 0.15) is 49.4 Å². The molecule has 35 heavy (non-hydrogen) atoms. The lowest BCUT2D eigenvalue weighted by molar-refractivity contribution is -0.118. The fraction of sp³-hybridized carbons (Fsp3) is 0.407. The van der Waals surface area contributed by atoms with Crippen LogP contribution in [0.5, 0.6) is 0 Å². The van der Waals surface area contributed by atoms with Crippen molar-refractivity contribution < 1.29 is 14.4 Å². The van der Waals surface area contributed by atoms with Crippen molar-refractivity contribution in [1.82, 2.24) is 14.5 Å². The monoisotopic (exact) mass is 473 g/mol. The van der Waals surface area contributed by atoms with Gasteiger partial charge in [-0.05, 0) is 68.5 Å². The van der Waals surface area contributed by atoms with Crippen LogP contribution in [0, 0.1) is 5.92 Å². The van der Waals surface area contributed by atoms with Crippen molar-refractivity contribution >= 4 is 40.1 Å². The Morgan fingerprint density at radius 3 is 2.66 bits per heavy atom. The van der Waals surface area contributed by atoms with E-state index in [1.165, 1.54) is 0 Å². The van der Waals surface area contributed by atoms with E-state index in [2.05, 4.69) is 21.8 Å². The second-order valence-corrected chi connectivity index (χ2v) is 9.42. The number of aryl methyl sites for hydroxylation is 1. The molecule has 0 atom stereocenters.